The van der Waals surface area contributed by atoms with Gasteiger partial charge in [0.05, 0.1) is 18.2 Å². The molecule has 0 aliphatic carbocycles. The minimum Gasteiger partial charge on any atom is -0.496 e. The van der Waals surface area contributed by atoms with Crippen molar-refractivity contribution in [1.82, 2.24) is 5.43 Å². The second-order valence-electron chi connectivity index (χ2n) is 8.44. The Morgan fingerprint density at radius 3 is 2.75 bits per heavy atom. The number of nitro benzene ring substituents is 1. The first-order valence-corrected chi connectivity index (χ1v) is 10.3. The van der Waals surface area contributed by atoms with Gasteiger partial charge in [-0.25, -0.2) is 5.43 Å². The number of hydrazone groups is 1. The zero-order valence-electron chi connectivity index (χ0n) is 18.9. The maximum atomic E-state index is 12.1. The van der Waals surface area contributed by atoms with Crippen LogP contribution in [0.3, 0.4) is 0 Å². The zero-order chi connectivity index (χ0) is 23.5. The number of hydrogen-bond donors (Lipinski definition) is 1. The first-order valence-electron chi connectivity index (χ1n) is 10.3. The molecule has 0 aromatic heterocycles. The van der Waals surface area contributed by atoms with Gasteiger partial charge in [0.25, 0.3) is 5.91 Å². The Bertz CT molecular complexity index is 1050. The average Bonchev–Trinajstić information content (AvgIpc) is 2.75. The molecule has 0 bridgehead atoms. The number of benzene rings is 2. The monoisotopic (exact) mass is 440 g/mol. The fourth-order valence-corrected chi connectivity index (χ4v) is 3.97. The Hall–Kier alpha value is -3.62. The van der Waals surface area contributed by atoms with Gasteiger partial charge >= 0.3 is 5.69 Å². The van der Waals surface area contributed by atoms with E-state index in [9.17, 15) is 14.9 Å². The fourth-order valence-electron chi connectivity index (χ4n) is 3.97. The Morgan fingerprint density at radius 2 is 2.06 bits per heavy atom. The molecule has 9 nitrogen and oxygen atoms in total. The standard InChI is InChI=1S/C23H28N4O5/c1-15-12-23(2,3)26(4)19-11-21(31-5)16(10-17(15)19)13-24-25-22(28)14-32-20-9-7-6-8-18(20)27(29)30/h6-11,13,15H,12,14H2,1-5H3,(H,25,28)/b24-13+. The van der Waals surface area contributed by atoms with Crippen LogP contribution in [-0.4, -0.2) is 43.3 Å². The van der Waals surface area contributed by atoms with Gasteiger partial charge in [0, 0.05) is 36.0 Å². The van der Waals surface area contributed by atoms with Gasteiger partial charge in [0.1, 0.15) is 5.75 Å². The highest BCUT2D eigenvalue weighted by molar-refractivity contribution is 5.87. The van der Waals surface area contributed by atoms with Gasteiger partial charge in [-0.3, -0.25) is 14.9 Å². The topological polar surface area (TPSA) is 106 Å². The predicted molar refractivity (Wildman–Crippen MR) is 123 cm³/mol. The highest BCUT2D eigenvalue weighted by Gasteiger charge is 2.34. The van der Waals surface area contributed by atoms with Crippen LogP contribution in [0.15, 0.2) is 41.5 Å². The smallest absolute Gasteiger partial charge is 0.310 e. The molecular formula is C23H28N4O5. The van der Waals surface area contributed by atoms with Crippen molar-refractivity contribution in [1.29, 1.82) is 0 Å². The minimum atomic E-state index is -0.562. The maximum Gasteiger partial charge on any atom is 0.310 e. The molecule has 2 aromatic carbocycles. The van der Waals surface area contributed by atoms with Crippen molar-refractivity contribution in [2.24, 2.45) is 5.10 Å². The lowest BCUT2D eigenvalue weighted by atomic mass is 9.80. The van der Waals surface area contributed by atoms with Gasteiger partial charge in [-0.2, -0.15) is 5.10 Å². The van der Waals surface area contributed by atoms with Crippen LogP contribution in [0.5, 0.6) is 11.5 Å². The molecule has 32 heavy (non-hydrogen) atoms. The van der Waals surface area contributed by atoms with Crippen LogP contribution in [-0.2, 0) is 4.79 Å². The van der Waals surface area contributed by atoms with Gasteiger partial charge < -0.3 is 14.4 Å². The van der Waals surface area contributed by atoms with Crippen molar-refractivity contribution >= 4 is 23.5 Å². The SMILES string of the molecule is COc1cc2c(cc1/C=N/NC(=O)COc1ccccc1[N+](=O)[O-])C(C)CC(C)(C)N2C. The van der Waals surface area contributed by atoms with Crippen LogP contribution >= 0.6 is 0 Å². The molecule has 1 aliphatic heterocycles. The molecule has 2 aromatic rings. The zero-order valence-corrected chi connectivity index (χ0v) is 18.9. The lowest BCUT2D eigenvalue weighted by Crippen LogP contribution is -2.45. The fraction of sp³-hybridized carbons (Fsp3) is 0.391. The summed E-state index contributed by atoms with van der Waals surface area (Å²) in [5.41, 5.74) is 5.27. The van der Waals surface area contributed by atoms with Gasteiger partial charge in [0.2, 0.25) is 0 Å². The Kier molecular flexibility index (Phi) is 6.67. The summed E-state index contributed by atoms with van der Waals surface area (Å²) in [7, 11) is 3.67. The van der Waals surface area contributed by atoms with Gasteiger partial charge in [-0.05, 0) is 43.9 Å². The highest BCUT2D eigenvalue weighted by Crippen LogP contribution is 2.44. The molecule has 1 amide bonds. The second-order valence-corrected chi connectivity index (χ2v) is 8.44. The Balaban J connectivity index is 1.70. The van der Waals surface area contributed by atoms with Crippen molar-refractivity contribution in [3.63, 3.8) is 0 Å². The number of rotatable bonds is 7. The van der Waals surface area contributed by atoms with E-state index >= 15 is 0 Å². The number of carbonyl (C=O) groups is 1. The highest BCUT2D eigenvalue weighted by atomic mass is 16.6. The lowest BCUT2D eigenvalue weighted by molar-refractivity contribution is -0.385. The third kappa shape index (κ3) is 4.82. The number of para-hydroxylation sites is 2. The summed E-state index contributed by atoms with van der Waals surface area (Å²) in [4.78, 5) is 24.8. The largest absolute Gasteiger partial charge is 0.496 e. The van der Waals surface area contributed by atoms with Crippen LogP contribution in [0, 0.1) is 10.1 Å². The number of nitrogens with one attached hydrogen (secondary N) is 1. The summed E-state index contributed by atoms with van der Waals surface area (Å²) >= 11 is 0. The van der Waals surface area contributed by atoms with E-state index in [1.807, 2.05) is 12.1 Å². The molecule has 0 saturated carbocycles. The second kappa shape index (κ2) is 9.25. The number of nitrogens with zero attached hydrogens (tertiary/aromatic N) is 3. The molecule has 0 spiro atoms. The van der Waals surface area contributed by atoms with E-state index in [0.717, 1.165) is 17.7 Å². The molecule has 0 radical (unpaired) electrons. The Labute approximate surface area is 187 Å². The predicted octanol–water partition coefficient (Wildman–Crippen LogP) is 3.85. The van der Waals surface area contributed by atoms with E-state index < -0.39 is 17.4 Å². The van der Waals surface area contributed by atoms with E-state index in [4.69, 9.17) is 9.47 Å². The first-order chi connectivity index (χ1) is 15.1. The molecule has 1 aliphatic rings. The van der Waals surface area contributed by atoms with Crippen molar-refractivity contribution in [2.45, 2.75) is 38.6 Å². The van der Waals surface area contributed by atoms with Crippen molar-refractivity contribution in [2.75, 3.05) is 25.7 Å². The van der Waals surface area contributed by atoms with Crippen LogP contribution in [0.1, 0.15) is 44.2 Å². The Morgan fingerprint density at radius 1 is 1.34 bits per heavy atom. The van der Waals surface area contributed by atoms with Gasteiger partial charge in [-0.15, -0.1) is 0 Å². The summed E-state index contributed by atoms with van der Waals surface area (Å²) in [6.45, 7) is 6.23. The van der Waals surface area contributed by atoms with Gasteiger partial charge in [-0.1, -0.05) is 19.1 Å². The molecule has 1 atom stereocenters. The number of ether oxygens (including phenoxy) is 2. The summed E-state index contributed by atoms with van der Waals surface area (Å²) in [6.07, 6.45) is 2.54. The van der Waals surface area contributed by atoms with E-state index in [1.165, 1.54) is 30.0 Å². The minimum absolute atomic E-state index is 0.0222. The quantitative estimate of drug-likeness (QED) is 0.398. The van der Waals surface area contributed by atoms with Gasteiger partial charge in [0.15, 0.2) is 12.4 Å². The van der Waals surface area contributed by atoms with E-state index in [1.54, 1.807) is 13.2 Å². The molecule has 9 heteroatoms. The van der Waals surface area contributed by atoms with E-state index in [-0.39, 0.29) is 17.0 Å². The summed E-state index contributed by atoms with van der Waals surface area (Å²) in [6, 6.07) is 9.90. The summed E-state index contributed by atoms with van der Waals surface area (Å²) in [5.74, 6) is 0.494. The number of fused-ring (bicyclic) bond motifs is 1. The van der Waals surface area contributed by atoms with Crippen molar-refractivity contribution < 1.29 is 19.2 Å². The molecule has 1 N–H and O–H groups in total. The van der Waals surface area contributed by atoms with Crippen molar-refractivity contribution in [3.8, 4) is 11.5 Å². The van der Waals surface area contributed by atoms with Crippen LogP contribution < -0.4 is 19.8 Å². The third-order valence-electron chi connectivity index (χ3n) is 5.80. The number of hydrogen-bond acceptors (Lipinski definition) is 7. The van der Waals surface area contributed by atoms with E-state index in [2.05, 4.69) is 43.2 Å². The molecular weight excluding hydrogens is 412 g/mol. The number of anilines is 1. The maximum absolute atomic E-state index is 12.1. The van der Waals surface area contributed by atoms with Crippen molar-refractivity contribution in [3.05, 3.63) is 57.6 Å². The number of methoxy groups -OCH3 is 1. The first kappa shape index (κ1) is 23.1. The third-order valence-corrected chi connectivity index (χ3v) is 5.80. The number of carbonyl (C=O) groups excluding carboxylic acids is 1. The summed E-state index contributed by atoms with van der Waals surface area (Å²) < 4.78 is 10.8. The molecule has 1 unspecified atom stereocenters. The van der Waals surface area contributed by atoms with E-state index in [0.29, 0.717) is 11.7 Å². The number of nitro groups is 1. The molecule has 0 saturated heterocycles. The molecule has 170 valence electrons. The van der Waals surface area contributed by atoms with Crippen LogP contribution in [0.2, 0.25) is 0 Å². The van der Waals surface area contributed by atoms with Crippen LogP contribution in [0.25, 0.3) is 0 Å². The molecule has 3 rings (SSSR count). The molecule has 0 fully saturated rings. The number of amides is 1. The van der Waals surface area contributed by atoms with Crippen LogP contribution in [0.4, 0.5) is 11.4 Å². The average molecular weight is 441 g/mol. The summed E-state index contributed by atoms with van der Waals surface area (Å²) in [5, 5.41) is 15.0. The normalized spacial score (nSPS) is 17.0. The molecule has 1 heterocycles. The lowest BCUT2D eigenvalue weighted by Gasteiger charge is -2.45.